The van der Waals surface area contributed by atoms with E-state index in [1.165, 1.54) is 4.90 Å². The average Bonchev–Trinajstić information content (AvgIpc) is 3.09. The number of rotatable bonds is 3. The first kappa shape index (κ1) is 22.0. The average molecular weight is 398 g/mol. The van der Waals surface area contributed by atoms with Crippen molar-refractivity contribution in [2.45, 2.75) is 84.2 Å². The molecule has 2 heterocycles. The lowest BCUT2D eigenvalue weighted by atomic mass is 9.94. The third-order valence-electron chi connectivity index (χ3n) is 4.06. The summed E-state index contributed by atoms with van der Waals surface area (Å²) in [4.78, 5) is 44.2. The van der Waals surface area contributed by atoms with Crippen molar-refractivity contribution in [2.75, 3.05) is 13.2 Å². The first-order valence-corrected chi connectivity index (χ1v) is 9.40. The summed E-state index contributed by atoms with van der Waals surface area (Å²) in [5.74, 6) is -1.12. The smallest absolute Gasteiger partial charge is 0.411 e. The molecule has 0 N–H and O–H groups in total. The molecule has 2 aliphatic rings. The molecular weight excluding hydrogens is 368 g/mol. The van der Waals surface area contributed by atoms with Crippen LogP contribution < -0.4 is 0 Å². The highest BCUT2D eigenvalue weighted by molar-refractivity contribution is 6.36. The standard InChI is InChI=1S/C19H30N2O7/c1-8-25-14(22)12-9-19(28-20-12)10-13(15(23)26-17(2,3)4)21(11-19)16(24)27-18(5,6)7/h13H,8-11H2,1-7H3/t13-,19-/m1/s1. The molecule has 1 amide bonds. The number of carbonyl (C=O) groups excluding carboxylic acids is 3. The molecule has 28 heavy (non-hydrogen) atoms. The summed E-state index contributed by atoms with van der Waals surface area (Å²) in [6.45, 7) is 12.5. The summed E-state index contributed by atoms with van der Waals surface area (Å²) in [6.07, 6.45) is -0.355. The maximum atomic E-state index is 12.7. The van der Waals surface area contributed by atoms with E-state index in [0.29, 0.717) is 0 Å². The molecule has 0 aliphatic carbocycles. The van der Waals surface area contributed by atoms with Crippen molar-refractivity contribution in [1.29, 1.82) is 0 Å². The third-order valence-corrected chi connectivity index (χ3v) is 4.06. The predicted octanol–water partition coefficient (Wildman–Crippen LogP) is 2.42. The SMILES string of the molecule is CCOC(=O)C1=NO[C@]2(C1)C[C@H](C(=O)OC(C)(C)C)N(C(=O)OC(C)(C)C)C2. The van der Waals surface area contributed by atoms with Gasteiger partial charge in [0.05, 0.1) is 13.2 Å². The molecule has 158 valence electrons. The van der Waals surface area contributed by atoms with Crippen LogP contribution in [-0.2, 0) is 28.6 Å². The molecule has 9 nitrogen and oxygen atoms in total. The minimum Gasteiger partial charge on any atom is -0.461 e. The van der Waals surface area contributed by atoms with Crippen molar-refractivity contribution in [2.24, 2.45) is 5.16 Å². The van der Waals surface area contributed by atoms with Gasteiger partial charge in [-0.3, -0.25) is 4.90 Å². The number of esters is 2. The number of nitrogens with zero attached hydrogens (tertiary/aromatic N) is 2. The van der Waals surface area contributed by atoms with Gasteiger partial charge in [0.25, 0.3) is 0 Å². The van der Waals surface area contributed by atoms with Crippen LogP contribution in [-0.4, -0.2) is 64.6 Å². The Labute approximate surface area is 165 Å². The van der Waals surface area contributed by atoms with E-state index < -0.39 is 40.9 Å². The number of hydrogen-bond donors (Lipinski definition) is 0. The highest BCUT2D eigenvalue weighted by atomic mass is 16.7. The van der Waals surface area contributed by atoms with Crippen molar-refractivity contribution in [1.82, 2.24) is 4.90 Å². The summed E-state index contributed by atoms with van der Waals surface area (Å²) in [6, 6.07) is -0.897. The van der Waals surface area contributed by atoms with Gasteiger partial charge in [0.2, 0.25) is 0 Å². The number of amides is 1. The zero-order chi connectivity index (χ0) is 21.3. The summed E-state index contributed by atoms with van der Waals surface area (Å²) < 4.78 is 15.9. The molecule has 0 aromatic heterocycles. The largest absolute Gasteiger partial charge is 0.461 e. The summed E-state index contributed by atoms with van der Waals surface area (Å²) in [5, 5.41) is 3.84. The van der Waals surface area contributed by atoms with Gasteiger partial charge in [-0.05, 0) is 48.5 Å². The van der Waals surface area contributed by atoms with Gasteiger partial charge in [0.15, 0.2) is 11.3 Å². The summed E-state index contributed by atoms with van der Waals surface area (Å²) in [5.41, 5.74) is -2.29. The Hall–Kier alpha value is -2.32. The Kier molecular flexibility index (Phi) is 5.96. The van der Waals surface area contributed by atoms with Crippen LogP contribution in [0.15, 0.2) is 5.16 Å². The van der Waals surface area contributed by atoms with Crippen LogP contribution in [0.1, 0.15) is 61.3 Å². The monoisotopic (exact) mass is 398 g/mol. The van der Waals surface area contributed by atoms with E-state index in [2.05, 4.69) is 5.16 Å². The lowest BCUT2D eigenvalue weighted by molar-refractivity contribution is -0.160. The van der Waals surface area contributed by atoms with Crippen molar-refractivity contribution in [3.05, 3.63) is 0 Å². The minimum atomic E-state index is -0.986. The number of hydrogen-bond acceptors (Lipinski definition) is 8. The first-order valence-electron chi connectivity index (χ1n) is 9.40. The summed E-state index contributed by atoms with van der Waals surface area (Å²) >= 11 is 0. The zero-order valence-electron chi connectivity index (χ0n) is 17.7. The molecule has 1 saturated heterocycles. The van der Waals surface area contributed by atoms with Gasteiger partial charge < -0.3 is 19.0 Å². The van der Waals surface area contributed by atoms with E-state index in [0.717, 1.165) is 0 Å². The van der Waals surface area contributed by atoms with Crippen molar-refractivity contribution < 1.29 is 33.4 Å². The van der Waals surface area contributed by atoms with Gasteiger partial charge in [-0.1, -0.05) is 5.16 Å². The van der Waals surface area contributed by atoms with Crippen LogP contribution in [0.4, 0.5) is 4.79 Å². The fraction of sp³-hybridized carbons (Fsp3) is 0.789. The molecule has 9 heteroatoms. The topological polar surface area (TPSA) is 104 Å². The lowest BCUT2D eigenvalue weighted by Gasteiger charge is -2.29. The molecule has 1 spiro atoms. The molecule has 0 aromatic carbocycles. The van der Waals surface area contributed by atoms with Gasteiger partial charge >= 0.3 is 18.0 Å². The first-order chi connectivity index (χ1) is 12.8. The Balaban J connectivity index is 2.21. The number of likely N-dealkylation sites (tertiary alicyclic amines) is 1. The second-order valence-electron chi connectivity index (χ2n) is 9.07. The minimum absolute atomic E-state index is 0.0538. The maximum absolute atomic E-state index is 12.7. The van der Waals surface area contributed by atoms with Crippen LogP contribution in [0.5, 0.6) is 0 Å². The second kappa shape index (κ2) is 7.60. The number of oxime groups is 1. The van der Waals surface area contributed by atoms with Gasteiger partial charge in [-0.2, -0.15) is 0 Å². The van der Waals surface area contributed by atoms with Gasteiger partial charge in [-0.25, -0.2) is 14.4 Å². The highest BCUT2D eigenvalue weighted by Crippen LogP contribution is 2.39. The van der Waals surface area contributed by atoms with Crippen LogP contribution in [0.3, 0.4) is 0 Å². The summed E-state index contributed by atoms with van der Waals surface area (Å²) in [7, 11) is 0. The van der Waals surface area contributed by atoms with Gasteiger partial charge in [0.1, 0.15) is 17.2 Å². The zero-order valence-corrected chi connectivity index (χ0v) is 17.7. The molecule has 1 fully saturated rings. The van der Waals surface area contributed by atoms with E-state index in [1.54, 1.807) is 48.5 Å². The molecule has 0 unspecified atom stereocenters. The van der Waals surface area contributed by atoms with E-state index in [-0.39, 0.29) is 31.7 Å². The highest BCUT2D eigenvalue weighted by Gasteiger charge is 2.56. The third kappa shape index (κ3) is 5.36. The second-order valence-corrected chi connectivity index (χ2v) is 9.07. The van der Waals surface area contributed by atoms with Gasteiger partial charge in [-0.15, -0.1) is 0 Å². The Morgan fingerprint density at radius 3 is 2.29 bits per heavy atom. The fourth-order valence-electron chi connectivity index (χ4n) is 3.08. The number of carbonyl (C=O) groups is 3. The maximum Gasteiger partial charge on any atom is 0.411 e. The normalized spacial score (nSPS) is 24.6. The van der Waals surface area contributed by atoms with Crippen molar-refractivity contribution >= 4 is 23.7 Å². The van der Waals surface area contributed by atoms with Crippen LogP contribution in [0.25, 0.3) is 0 Å². The fourth-order valence-corrected chi connectivity index (χ4v) is 3.08. The van der Waals surface area contributed by atoms with Gasteiger partial charge in [0, 0.05) is 12.8 Å². The van der Waals surface area contributed by atoms with Crippen LogP contribution in [0, 0.1) is 0 Å². The molecule has 2 aliphatic heterocycles. The van der Waals surface area contributed by atoms with Crippen LogP contribution >= 0.6 is 0 Å². The quantitative estimate of drug-likeness (QED) is 0.531. The molecule has 0 bridgehead atoms. The van der Waals surface area contributed by atoms with Crippen molar-refractivity contribution in [3.8, 4) is 0 Å². The molecule has 0 aromatic rings. The molecule has 2 rings (SSSR count). The van der Waals surface area contributed by atoms with E-state index in [4.69, 9.17) is 19.0 Å². The Morgan fingerprint density at radius 1 is 1.14 bits per heavy atom. The van der Waals surface area contributed by atoms with E-state index in [1.807, 2.05) is 0 Å². The lowest BCUT2D eigenvalue weighted by Crippen LogP contribution is -2.46. The molecule has 0 saturated carbocycles. The number of ether oxygens (including phenoxy) is 3. The van der Waals surface area contributed by atoms with E-state index in [9.17, 15) is 14.4 Å². The van der Waals surface area contributed by atoms with Crippen molar-refractivity contribution in [3.63, 3.8) is 0 Å². The Morgan fingerprint density at radius 2 is 1.75 bits per heavy atom. The van der Waals surface area contributed by atoms with Crippen LogP contribution in [0.2, 0.25) is 0 Å². The Bertz CT molecular complexity index is 637. The molecular formula is C19H30N2O7. The molecule has 2 atom stereocenters. The molecule has 0 radical (unpaired) electrons. The van der Waals surface area contributed by atoms with E-state index >= 15 is 0 Å². The predicted molar refractivity (Wildman–Crippen MR) is 99.7 cm³/mol.